The third kappa shape index (κ3) is 3.52. The Bertz CT molecular complexity index is 448. The lowest BCUT2D eigenvalue weighted by Gasteiger charge is -2.13. The first-order chi connectivity index (χ1) is 9.10. The van der Waals surface area contributed by atoms with Gasteiger partial charge in [0.2, 0.25) is 0 Å². The molecule has 0 amide bonds. The fourth-order valence-corrected chi connectivity index (χ4v) is 2.15. The number of carbonyl (C=O) groups is 1. The number of rotatable bonds is 5. The van der Waals surface area contributed by atoms with Crippen molar-refractivity contribution in [2.24, 2.45) is 5.73 Å². The van der Waals surface area contributed by atoms with Crippen molar-refractivity contribution in [3.8, 4) is 5.75 Å². The van der Waals surface area contributed by atoms with Crippen LogP contribution in [-0.4, -0.2) is 35.6 Å². The van der Waals surface area contributed by atoms with E-state index < -0.39 is 6.10 Å². The summed E-state index contributed by atoms with van der Waals surface area (Å²) in [7, 11) is 0. The molecule has 5 heteroatoms. The van der Waals surface area contributed by atoms with Crippen LogP contribution in [-0.2, 0) is 4.74 Å². The van der Waals surface area contributed by atoms with E-state index in [-0.39, 0.29) is 18.0 Å². The molecule has 2 heterocycles. The maximum absolute atomic E-state index is 12.3. The van der Waals surface area contributed by atoms with Crippen LogP contribution in [0, 0.1) is 0 Å². The minimum absolute atomic E-state index is 0.00277. The Kier molecular flexibility index (Phi) is 4.50. The zero-order chi connectivity index (χ0) is 13.8. The van der Waals surface area contributed by atoms with Gasteiger partial charge in [0.05, 0.1) is 18.4 Å². The maximum atomic E-state index is 12.3. The molecule has 19 heavy (non-hydrogen) atoms. The Morgan fingerprint density at radius 1 is 1.53 bits per heavy atom. The Balaban J connectivity index is 2.07. The number of aromatic nitrogens is 1. The van der Waals surface area contributed by atoms with E-state index in [9.17, 15) is 4.79 Å². The van der Waals surface area contributed by atoms with Crippen molar-refractivity contribution in [1.82, 2.24) is 4.98 Å². The summed E-state index contributed by atoms with van der Waals surface area (Å²) in [6.45, 7) is 4.32. The quantitative estimate of drug-likeness (QED) is 0.817. The van der Waals surface area contributed by atoms with Gasteiger partial charge in [0, 0.05) is 18.3 Å². The topological polar surface area (TPSA) is 74.4 Å². The highest BCUT2D eigenvalue weighted by atomic mass is 16.5. The van der Waals surface area contributed by atoms with Crippen molar-refractivity contribution in [1.29, 1.82) is 0 Å². The Hall–Kier alpha value is -1.46. The standard InChI is InChI=1S/C14H20N2O3/c1-9(2)18-12-5-10(7-16-8-12)14(17)13-4-3-11(6-15)19-13/h5,7-9,11,13H,3-4,6,15H2,1-2H3. The predicted molar refractivity (Wildman–Crippen MR) is 71.3 cm³/mol. The van der Waals surface area contributed by atoms with Crippen LogP contribution in [0.1, 0.15) is 37.0 Å². The van der Waals surface area contributed by atoms with Crippen LogP contribution in [0.15, 0.2) is 18.5 Å². The van der Waals surface area contributed by atoms with E-state index in [1.54, 1.807) is 18.5 Å². The van der Waals surface area contributed by atoms with Gasteiger partial charge in [0.15, 0.2) is 5.78 Å². The molecule has 0 aliphatic carbocycles. The lowest BCUT2D eigenvalue weighted by atomic mass is 10.1. The highest BCUT2D eigenvalue weighted by Gasteiger charge is 2.30. The van der Waals surface area contributed by atoms with E-state index in [4.69, 9.17) is 15.2 Å². The molecule has 2 rings (SSSR count). The Morgan fingerprint density at radius 2 is 2.32 bits per heavy atom. The van der Waals surface area contributed by atoms with Gasteiger partial charge >= 0.3 is 0 Å². The van der Waals surface area contributed by atoms with Gasteiger partial charge in [-0.25, -0.2) is 0 Å². The number of Topliss-reactive ketones (excluding diaryl/α,β-unsaturated/α-hetero) is 1. The molecule has 2 unspecified atom stereocenters. The summed E-state index contributed by atoms with van der Waals surface area (Å²) in [6, 6.07) is 1.72. The van der Waals surface area contributed by atoms with Crippen LogP contribution in [0.2, 0.25) is 0 Å². The molecular weight excluding hydrogens is 244 g/mol. The molecule has 1 aromatic rings. The van der Waals surface area contributed by atoms with E-state index in [1.165, 1.54) is 0 Å². The number of ketones is 1. The van der Waals surface area contributed by atoms with E-state index >= 15 is 0 Å². The van der Waals surface area contributed by atoms with Crippen molar-refractivity contribution in [2.45, 2.75) is 45.0 Å². The summed E-state index contributed by atoms with van der Waals surface area (Å²) in [5, 5.41) is 0. The molecule has 1 fully saturated rings. The summed E-state index contributed by atoms with van der Waals surface area (Å²) < 4.78 is 11.1. The van der Waals surface area contributed by atoms with Gasteiger partial charge in [-0.15, -0.1) is 0 Å². The predicted octanol–water partition coefficient (Wildman–Crippen LogP) is 1.56. The minimum Gasteiger partial charge on any atom is -0.489 e. The second-order valence-electron chi connectivity index (χ2n) is 5.00. The van der Waals surface area contributed by atoms with Gasteiger partial charge < -0.3 is 15.2 Å². The van der Waals surface area contributed by atoms with Crippen molar-refractivity contribution in [3.05, 3.63) is 24.0 Å². The Morgan fingerprint density at radius 3 is 2.95 bits per heavy atom. The molecule has 0 radical (unpaired) electrons. The van der Waals surface area contributed by atoms with Crippen LogP contribution in [0.3, 0.4) is 0 Å². The summed E-state index contributed by atoms with van der Waals surface area (Å²) in [6.07, 6.45) is 4.36. The molecule has 0 bridgehead atoms. The first kappa shape index (κ1) is 14.0. The summed E-state index contributed by atoms with van der Waals surface area (Å²) in [5.74, 6) is 0.562. The van der Waals surface area contributed by atoms with Crippen LogP contribution >= 0.6 is 0 Å². The lowest BCUT2D eigenvalue weighted by molar-refractivity contribution is 0.0403. The highest BCUT2D eigenvalue weighted by molar-refractivity contribution is 5.99. The minimum atomic E-state index is -0.398. The number of hydrogen-bond acceptors (Lipinski definition) is 5. The number of ether oxygens (including phenoxy) is 2. The number of nitrogens with zero attached hydrogens (tertiary/aromatic N) is 1. The molecule has 0 spiro atoms. The van der Waals surface area contributed by atoms with E-state index in [1.807, 2.05) is 13.8 Å². The van der Waals surface area contributed by atoms with Gasteiger partial charge in [-0.05, 0) is 32.8 Å². The van der Waals surface area contributed by atoms with Crippen molar-refractivity contribution >= 4 is 5.78 Å². The normalized spacial score (nSPS) is 22.7. The summed E-state index contributed by atoms with van der Waals surface area (Å²) in [5.41, 5.74) is 6.07. The Labute approximate surface area is 113 Å². The number of pyridine rings is 1. The van der Waals surface area contributed by atoms with E-state index in [0.29, 0.717) is 17.9 Å². The molecule has 104 valence electrons. The first-order valence-corrected chi connectivity index (χ1v) is 6.61. The second-order valence-corrected chi connectivity index (χ2v) is 5.00. The molecule has 1 aliphatic heterocycles. The van der Waals surface area contributed by atoms with Gasteiger partial charge in [-0.2, -0.15) is 0 Å². The molecule has 0 saturated carbocycles. The SMILES string of the molecule is CC(C)Oc1cncc(C(=O)C2CCC(CN)O2)c1. The molecule has 5 nitrogen and oxygen atoms in total. The number of nitrogens with two attached hydrogens (primary N) is 1. The molecule has 0 aromatic carbocycles. The van der Waals surface area contributed by atoms with E-state index in [2.05, 4.69) is 4.98 Å². The molecule has 2 atom stereocenters. The van der Waals surface area contributed by atoms with Gasteiger partial charge in [-0.1, -0.05) is 0 Å². The highest BCUT2D eigenvalue weighted by Crippen LogP contribution is 2.23. The molecule has 1 aliphatic rings. The van der Waals surface area contributed by atoms with Crippen molar-refractivity contribution < 1.29 is 14.3 Å². The zero-order valence-corrected chi connectivity index (χ0v) is 11.3. The van der Waals surface area contributed by atoms with Crippen LogP contribution < -0.4 is 10.5 Å². The van der Waals surface area contributed by atoms with Crippen LogP contribution in [0.25, 0.3) is 0 Å². The monoisotopic (exact) mass is 264 g/mol. The first-order valence-electron chi connectivity index (χ1n) is 6.61. The van der Waals surface area contributed by atoms with Gasteiger partial charge in [-0.3, -0.25) is 9.78 Å². The van der Waals surface area contributed by atoms with E-state index in [0.717, 1.165) is 12.8 Å². The lowest BCUT2D eigenvalue weighted by Crippen LogP contribution is -2.25. The molecule has 1 aromatic heterocycles. The van der Waals surface area contributed by atoms with Crippen LogP contribution in [0.4, 0.5) is 0 Å². The summed E-state index contributed by atoms with van der Waals surface area (Å²) in [4.78, 5) is 16.3. The van der Waals surface area contributed by atoms with Gasteiger partial charge in [0.25, 0.3) is 0 Å². The molecule has 2 N–H and O–H groups in total. The average Bonchev–Trinajstić information content (AvgIpc) is 2.86. The number of carbonyl (C=O) groups excluding carboxylic acids is 1. The zero-order valence-electron chi connectivity index (χ0n) is 11.3. The fourth-order valence-electron chi connectivity index (χ4n) is 2.15. The fraction of sp³-hybridized carbons (Fsp3) is 0.571. The number of hydrogen-bond donors (Lipinski definition) is 1. The van der Waals surface area contributed by atoms with Crippen LogP contribution in [0.5, 0.6) is 5.75 Å². The van der Waals surface area contributed by atoms with Crippen molar-refractivity contribution in [2.75, 3.05) is 6.54 Å². The smallest absolute Gasteiger partial charge is 0.193 e. The second kappa shape index (κ2) is 6.12. The third-order valence-corrected chi connectivity index (χ3v) is 3.03. The average molecular weight is 264 g/mol. The maximum Gasteiger partial charge on any atom is 0.193 e. The third-order valence-electron chi connectivity index (χ3n) is 3.03. The van der Waals surface area contributed by atoms with Crippen molar-refractivity contribution in [3.63, 3.8) is 0 Å². The molecular formula is C14H20N2O3. The largest absolute Gasteiger partial charge is 0.489 e. The summed E-state index contributed by atoms with van der Waals surface area (Å²) >= 11 is 0. The molecule has 1 saturated heterocycles. The van der Waals surface area contributed by atoms with Gasteiger partial charge in [0.1, 0.15) is 11.9 Å².